The number of benzene rings is 1. The first kappa shape index (κ1) is 13.4. The minimum atomic E-state index is -3.72. The van der Waals surface area contributed by atoms with Gasteiger partial charge in [-0.2, -0.15) is 0 Å². The lowest BCUT2D eigenvalue weighted by atomic mass is 10.2. The van der Waals surface area contributed by atoms with E-state index in [0.29, 0.717) is 17.1 Å². The standard InChI is InChI=1S/C12H15N3O3S/c1-7-4-5-10(6-11(7)13)15-19(16,17)12-8(2)14-18-9(12)3/h4-6,15H,13H2,1-3H3. The average Bonchev–Trinajstić information content (AvgIpc) is 2.64. The summed E-state index contributed by atoms with van der Waals surface area (Å²) in [5, 5.41) is 3.64. The summed E-state index contributed by atoms with van der Waals surface area (Å²) in [6.45, 7) is 4.98. The molecule has 19 heavy (non-hydrogen) atoms. The van der Waals surface area contributed by atoms with Gasteiger partial charge in [0.1, 0.15) is 5.69 Å². The van der Waals surface area contributed by atoms with E-state index in [9.17, 15) is 8.42 Å². The highest BCUT2D eigenvalue weighted by Crippen LogP contribution is 2.24. The quantitative estimate of drug-likeness (QED) is 0.838. The summed E-state index contributed by atoms with van der Waals surface area (Å²) in [6, 6.07) is 4.98. The molecular weight excluding hydrogens is 266 g/mol. The number of hydrogen-bond donors (Lipinski definition) is 2. The number of nitrogens with one attached hydrogen (secondary N) is 1. The third kappa shape index (κ3) is 2.55. The molecule has 0 saturated heterocycles. The second-order valence-electron chi connectivity index (χ2n) is 4.33. The molecule has 3 N–H and O–H groups in total. The zero-order valence-corrected chi connectivity index (χ0v) is 11.7. The topological polar surface area (TPSA) is 98.2 Å². The molecule has 2 rings (SSSR count). The molecular formula is C12H15N3O3S. The number of hydrogen-bond acceptors (Lipinski definition) is 5. The second kappa shape index (κ2) is 4.58. The molecule has 0 atom stereocenters. The summed E-state index contributed by atoms with van der Waals surface area (Å²) >= 11 is 0. The van der Waals surface area contributed by atoms with Crippen molar-refractivity contribution < 1.29 is 12.9 Å². The fourth-order valence-corrected chi connectivity index (χ4v) is 3.15. The van der Waals surface area contributed by atoms with Crippen molar-refractivity contribution in [2.75, 3.05) is 10.5 Å². The minimum Gasteiger partial charge on any atom is -0.398 e. The maximum atomic E-state index is 12.2. The third-order valence-corrected chi connectivity index (χ3v) is 4.39. The summed E-state index contributed by atoms with van der Waals surface area (Å²) in [6.07, 6.45) is 0. The first-order valence-electron chi connectivity index (χ1n) is 5.63. The highest BCUT2D eigenvalue weighted by Gasteiger charge is 2.24. The predicted octanol–water partition coefficient (Wildman–Crippen LogP) is 1.98. The Morgan fingerprint density at radius 2 is 1.95 bits per heavy atom. The predicted molar refractivity (Wildman–Crippen MR) is 72.4 cm³/mol. The van der Waals surface area contributed by atoms with E-state index >= 15 is 0 Å². The maximum absolute atomic E-state index is 12.2. The van der Waals surface area contributed by atoms with Gasteiger partial charge in [-0.05, 0) is 38.5 Å². The number of anilines is 2. The van der Waals surface area contributed by atoms with Crippen molar-refractivity contribution in [3.63, 3.8) is 0 Å². The molecule has 1 heterocycles. The van der Waals surface area contributed by atoms with E-state index in [1.807, 2.05) is 6.92 Å². The van der Waals surface area contributed by atoms with Crippen molar-refractivity contribution in [1.29, 1.82) is 0 Å². The van der Waals surface area contributed by atoms with Gasteiger partial charge in [-0.1, -0.05) is 11.2 Å². The fourth-order valence-electron chi connectivity index (χ4n) is 1.77. The molecule has 7 heteroatoms. The first-order chi connectivity index (χ1) is 8.81. The van der Waals surface area contributed by atoms with Crippen LogP contribution >= 0.6 is 0 Å². The number of nitrogens with two attached hydrogens (primary N) is 1. The zero-order valence-electron chi connectivity index (χ0n) is 10.9. The molecule has 1 aromatic carbocycles. The van der Waals surface area contributed by atoms with Crippen LogP contribution in [0.3, 0.4) is 0 Å². The van der Waals surface area contributed by atoms with Crippen LogP contribution in [0.5, 0.6) is 0 Å². The molecule has 2 aromatic rings. The Bertz CT molecular complexity index is 700. The Balaban J connectivity index is 2.39. The van der Waals surface area contributed by atoms with Gasteiger partial charge in [0.05, 0.1) is 5.69 Å². The van der Waals surface area contributed by atoms with Crippen LogP contribution in [0.25, 0.3) is 0 Å². The Hall–Kier alpha value is -2.02. The number of rotatable bonds is 3. The molecule has 1 aromatic heterocycles. The molecule has 0 aliphatic rings. The molecule has 0 unspecified atom stereocenters. The summed E-state index contributed by atoms with van der Waals surface area (Å²) < 4.78 is 31.8. The highest BCUT2D eigenvalue weighted by molar-refractivity contribution is 7.92. The van der Waals surface area contributed by atoms with Gasteiger partial charge in [0.25, 0.3) is 10.0 Å². The fraction of sp³-hybridized carbons (Fsp3) is 0.250. The van der Waals surface area contributed by atoms with Gasteiger partial charge in [0, 0.05) is 5.69 Å². The van der Waals surface area contributed by atoms with Crippen LogP contribution in [-0.2, 0) is 10.0 Å². The summed E-state index contributed by atoms with van der Waals surface area (Å²) in [5.41, 5.74) is 7.90. The Labute approximate surface area is 111 Å². The molecule has 0 aliphatic heterocycles. The summed E-state index contributed by atoms with van der Waals surface area (Å²) in [5.74, 6) is 0.255. The van der Waals surface area contributed by atoms with Gasteiger partial charge >= 0.3 is 0 Å². The molecule has 6 nitrogen and oxygen atoms in total. The highest BCUT2D eigenvalue weighted by atomic mass is 32.2. The maximum Gasteiger partial charge on any atom is 0.267 e. The molecule has 0 amide bonds. The van der Waals surface area contributed by atoms with Gasteiger partial charge in [-0.25, -0.2) is 8.42 Å². The number of nitrogens with zero attached hydrogens (tertiary/aromatic N) is 1. The largest absolute Gasteiger partial charge is 0.398 e. The van der Waals surface area contributed by atoms with E-state index in [1.54, 1.807) is 32.0 Å². The van der Waals surface area contributed by atoms with Gasteiger partial charge < -0.3 is 10.3 Å². The number of sulfonamides is 1. The third-order valence-electron chi connectivity index (χ3n) is 2.77. The molecule has 0 bridgehead atoms. The summed E-state index contributed by atoms with van der Waals surface area (Å²) in [7, 11) is -3.72. The SMILES string of the molecule is Cc1ccc(NS(=O)(=O)c2c(C)noc2C)cc1N. The van der Waals surface area contributed by atoms with E-state index in [4.69, 9.17) is 10.3 Å². The van der Waals surface area contributed by atoms with Crippen molar-refractivity contribution in [3.8, 4) is 0 Å². The van der Waals surface area contributed by atoms with Crippen molar-refractivity contribution >= 4 is 21.4 Å². The van der Waals surface area contributed by atoms with Gasteiger partial charge in [0.2, 0.25) is 0 Å². The van der Waals surface area contributed by atoms with E-state index in [1.165, 1.54) is 0 Å². The average molecular weight is 281 g/mol. The van der Waals surface area contributed by atoms with Crippen molar-refractivity contribution in [1.82, 2.24) is 5.16 Å². The number of nitrogen functional groups attached to an aromatic ring is 1. The van der Waals surface area contributed by atoms with Crippen LogP contribution in [0, 0.1) is 20.8 Å². The first-order valence-corrected chi connectivity index (χ1v) is 7.11. The smallest absolute Gasteiger partial charge is 0.267 e. The van der Waals surface area contributed by atoms with Gasteiger partial charge in [0.15, 0.2) is 10.7 Å². The Morgan fingerprint density at radius 1 is 1.26 bits per heavy atom. The van der Waals surface area contributed by atoms with Crippen molar-refractivity contribution in [2.45, 2.75) is 25.7 Å². The van der Waals surface area contributed by atoms with E-state index in [-0.39, 0.29) is 10.7 Å². The molecule has 0 aliphatic carbocycles. The molecule has 0 saturated carbocycles. The van der Waals surface area contributed by atoms with Crippen molar-refractivity contribution in [3.05, 3.63) is 35.2 Å². The van der Waals surface area contributed by atoms with Gasteiger partial charge in [-0.3, -0.25) is 4.72 Å². The molecule has 0 radical (unpaired) electrons. The van der Waals surface area contributed by atoms with Crippen molar-refractivity contribution in [2.24, 2.45) is 0 Å². The zero-order chi connectivity index (χ0) is 14.2. The molecule has 102 valence electrons. The van der Waals surface area contributed by atoms with Crippen LogP contribution in [0.4, 0.5) is 11.4 Å². The lowest BCUT2D eigenvalue weighted by Crippen LogP contribution is -2.14. The van der Waals surface area contributed by atoms with Gasteiger partial charge in [-0.15, -0.1) is 0 Å². The van der Waals surface area contributed by atoms with Crippen LogP contribution in [0.1, 0.15) is 17.0 Å². The Morgan fingerprint density at radius 3 is 2.47 bits per heavy atom. The summed E-state index contributed by atoms with van der Waals surface area (Å²) in [4.78, 5) is 0.0617. The van der Waals surface area contributed by atoms with Crippen LogP contribution < -0.4 is 10.5 Å². The second-order valence-corrected chi connectivity index (χ2v) is 5.95. The van der Waals surface area contributed by atoms with E-state index in [2.05, 4.69) is 9.88 Å². The minimum absolute atomic E-state index is 0.0617. The monoisotopic (exact) mass is 281 g/mol. The number of aromatic nitrogens is 1. The lowest BCUT2D eigenvalue weighted by Gasteiger charge is -2.09. The lowest BCUT2D eigenvalue weighted by molar-refractivity contribution is 0.390. The van der Waals surface area contributed by atoms with Crippen LogP contribution in [0.15, 0.2) is 27.6 Å². The normalized spacial score (nSPS) is 11.5. The Kier molecular flexibility index (Phi) is 3.23. The van der Waals surface area contributed by atoms with E-state index < -0.39 is 10.0 Å². The van der Waals surface area contributed by atoms with Crippen LogP contribution in [0.2, 0.25) is 0 Å². The molecule has 0 fully saturated rings. The van der Waals surface area contributed by atoms with Crippen LogP contribution in [-0.4, -0.2) is 13.6 Å². The number of aryl methyl sites for hydroxylation is 3. The van der Waals surface area contributed by atoms with E-state index in [0.717, 1.165) is 5.56 Å². The molecule has 0 spiro atoms.